The third-order valence-corrected chi connectivity index (χ3v) is 4.09. The van der Waals surface area contributed by atoms with E-state index in [2.05, 4.69) is 15.6 Å². The molecule has 0 atom stereocenters. The normalized spacial score (nSPS) is 10.3. The van der Waals surface area contributed by atoms with E-state index in [0.29, 0.717) is 10.8 Å². The van der Waals surface area contributed by atoms with E-state index in [0.717, 1.165) is 12.1 Å². The van der Waals surface area contributed by atoms with Crippen molar-refractivity contribution >= 4 is 45.8 Å². The minimum Gasteiger partial charge on any atom is -0.369 e. The maximum atomic E-state index is 12.9. The van der Waals surface area contributed by atoms with E-state index in [1.165, 1.54) is 17.4 Å². The summed E-state index contributed by atoms with van der Waals surface area (Å²) in [4.78, 5) is 38.6. The molecule has 0 aliphatic rings. The highest BCUT2D eigenvalue weighted by atomic mass is 35.5. The molecule has 10 heteroatoms. The van der Waals surface area contributed by atoms with E-state index in [1.807, 2.05) is 0 Å². The molecule has 0 saturated heterocycles. The van der Waals surface area contributed by atoms with Crippen LogP contribution in [0.3, 0.4) is 0 Å². The molecule has 0 aliphatic carbocycles. The van der Waals surface area contributed by atoms with Gasteiger partial charge < -0.3 is 16.4 Å². The molecule has 0 bridgehead atoms. The number of hydrogen-bond donors (Lipinski definition) is 3. The quantitative estimate of drug-likeness (QED) is 0.674. The van der Waals surface area contributed by atoms with Crippen LogP contribution in [0.1, 0.15) is 22.5 Å². The zero-order valence-corrected chi connectivity index (χ0v) is 14.4. The van der Waals surface area contributed by atoms with E-state index in [9.17, 15) is 18.8 Å². The SMILES string of the molecule is NC(=O)Cc1csc(NC(=O)CCNC(=O)c2ccc(F)cc2Cl)n1. The number of thiazole rings is 1. The van der Waals surface area contributed by atoms with Gasteiger partial charge in [0.05, 0.1) is 22.7 Å². The second kappa shape index (κ2) is 8.54. The highest BCUT2D eigenvalue weighted by Crippen LogP contribution is 2.17. The number of aromatic nitrogens is 1. The molecule has 4 N–H and O–H groups in total. The van der Waals surface area contributed by atoms with Crippen LogP contribution in [0.15, 0.2) is 23.6 Å². The molecule has 1 aromatic carbocycles. The van der Waals surface area contributed by atoms with E-state index >= 15 is 0 Å². The maximum absolute atomic E-state index is 12.9. The number of rotatable bonds is 7. The van der Waals surface area contributed by atoms with Crippen LogP contribution in [-0.2, 0) is 16.0 Å². The molecule has 0 saturated carbocycles. The van der Waals surface area contributed by atoms with Crippen molar-refractivity contribution in [2.45, 2.75) is 12.8 Å². The van der Waals surface area contributed by atoms with Crippen molar-refractivity contribution in [1.29, 1.82) is 0 Å². The molecule has 3 amide bonds. The Kier molecular flexibility index (Phi) is 6.43. The average molecular weight is 385 g/mol. The number of carbonyl (C=O) groups excluding carboxylic acids is 3. The van der Waals surface area contributed by atoms with Gasteiger partial charge in [0.25, 0.3) is 5.91 Å². The summed E-state index contributed by atoms with van der Waals surface area (Å²) in [6.07, 6.45) is 0.0101. The van der Waals surface area contributed by atoms with Gasteiger partial charge in [-0.2, -0.15) is 0 Å². The molecule has 0 radical (unpaired) electrons. The summed E-state index contributed by atoms with van der Waals surface area (Å²) < 4.78 is 12.9. The lowest BCUT2D eigenvalue weighted by molar-refractivity contribution is -0.117. The fourth-order valence-corrected chi connectivity index (χ4v) is 2.84. The van der Waals surface area contributed by atoms with Crippen LogP contribution in [0.4, 0.5) is 9.52 Å². The zero-order valence-electron chi connectivity index (χ0n) is 12.8. The van der Waals surface area contributed by atoms with Crippen molar-refractivity contribution in [3.05, 3.63) is 45.7 Å². The largest absolute Gasteiger partial charge is 0.369 e. The van der Waals surface area contributed by atoms with Gasteiger partial charge in [-0.3, -0.25) is 14.4 Å². The lowest BCUT2D eigenvalue weighted by Crippen LogP contribution is -2.27. The van der Waals surface area contributed by atoms with Crippen molar-refractivity contribution in [2.75, 3.05) is 11.9 Å². The predicted molar refractivity (Wildman–Crippen MR) is 92.0 cm³/mol. The lowest BCUT2D eigenvalue weighted by Gasteiger charge is -2.06. The Morgan fingerprint density at radius 1 is 1.32 bits per heavy atom. The maximum Gasteiger partial charge on any atom is 0.252 e. The summed E-state index contributed by atoms with van der Waals surface area (Å²) in [5.41, 5.74) is 5.67. The van der Waals surface area contributed by atoms with Crippen LogP contribution in [-0.4, -0.2) is 29.3 Å². The number of primary amides is 1. The molecule has 2 rings (SSSR count). The first-order valence-electron chi connectivity index (χ1n) is 7.11. The van der Waals surface area contributed by atoms with Crippen LogP contribution in [0.25, 0.3) is 0 Å². The highest BCUT2D eigenvalue weighted by Gasteiger charge is 2.12. The number of nitrogens with zero attached hydrogens (tertiary/aromatic N) is 1. The first kappa shape index (κ1) is 18.8. The number of halogens is 2. The Hall–Kier alpha value is -2.52. The standard InChI is InChI=1S/C15H14ClFN4O3S/c16-11-5-8(17)1-2-10(11)14(24)19-4-3-13(23)21-15-20-9(7-25-15)6-12(18)22/h1-2,5,7H,3-4,6H2,(H2,18,22)(H,19,24)(H,20,21,23). The molecule has 1 heterocycles. The summed E-state index contributed by atoms with van der Waals surface area (Å²) in [7, 11) is 0. The van der Waals surface area contributed by atoms with Crippen LogP contribution in [0.2, 0.25) is 5.02 Å². The van der Waals surface area contributed by atoms with Crippen molar-refractivity contribution in [1.82, 2.24) is 10.3 Å². The number of hydrogen-bond acceptors (Lipinski definition) is 5. The van der Waals surface area contributed by atoms with Gasteiger partial charge in [0.1, 0.15) is 5.82 Å². The van der Waals surface area contributed by atoms with Gasteiger partial charge in [0.2, 0.25) is 11.8 Å². The molecule has 1 aromatic heterocycles. The number of nitrogens with two attached hydrogens (primary N) is 1. The second-order valence-electron chi connectivity index (χ2n) is 4.97. The van der Waals surface area contributed by atoms with Gasteiger partial charge in [-0.1, -0.05) is 11.6 Å². The van der Waals surface area contributed by atoms with Crippen molar-refractivity contribution in [3.8, 4) is 0 Å². The van der Waals surface area contributed by atoms with Crippen molar-refractivity contribution in [2.24, 2.45) is 5.73 Å². The number of benzene rings is 1. The third kappa shape index (κ3) is 5.80. The van der Waals surface area contributed by atoms with Gasteiger partial charge >= 0.3 is 0 Å². The van der Waals surface area contributed by atoms with Crippen LogP contribution >= 0.6 is 22.9 Å². The number of nitrogens with one attached hydrogen (secondary N) is 2. The van der Waals surface area contributed by atoms with Gasteiger partial charge in [0, 0.05) is 18.3 Å². The fourth-order valence-electron chi connectivity index (χ4n) is 1.86. The number of amides is 3. The summed E-state index contributed by atoms with van der Waals surface area (Å²) in [5.74, 6) is -1.91. The second-order valence-corrected chi connectivity index (χ2v) is 6.23. The molecule has 25 heavy (non-hydrogen) atoms. The van der Waals surface area contributed by atoms with E-state index in [-0.39, 0.29) is 35.9 Å². The smallest absolute Gasteiger partial charge is 0.252 e. The van der Waals surface area contributed by atoms with Gasteiger partial charge in [-0.15, -0.1) is 11.3 Å². The Labute approximate surface area is 151 Å². The monoisotopic (exact) mass is 384 g/mol. The van der Waals surface area contributed by atoms with Crippen LogP contribution in [0, 0.1) is 5.82 Å². The summed E-state index contributed by atoms with van der Waals surface area (Å²) >= 11 is 6.96. The summed E-state index contributed by atoms with van der Waals surface area (Å²) in [5, 5.41) is 7.04. The fraction of sp³-hybridized carbons (Fsp3) is 0.200. The molecule has 2 aromatic rings. The Balaban J connectivity index is 1.79. The van der Waals surface area contributed by atoms with Crippen LogP contribution in [0.5, 0.6) is 0 Å². The molecular formula is C15H14ClFN4O3S. The first-order valence-corrected chi connectivity index (χ1v) is 8.36. The zero-order chi connectivity index (χ0) is 18.4. The Morgan fingerprint density at radius 2 is 2.08 bits per heavy atom. The van der Waals surface area contributed by atoms with E-state index < -0.39 is 17.6 Å². The molecule has 0 spiro atoms. The minimum atomic E-state index is -0.542. The van der Waals surface area contributed by atoms with Gasteiger partial charge in [-0.05, 0) is 18.2 Å². The molecule has 0 fully saturated rings. The molecule has 7 nitrogen and oxygen atoms in total. The lowest BCUT2D eigenvalue weighted by atomic mass is 10.2. The van der Waals surface area contributed by atoms with Crippen molar-refractivity contribution < 1.29 is 18.8 Å². The third-order valence-electron chi connectivity index (χ3n) is 2.97. The predicted octanol–water partition coefficient (Wildman–Crippen LogP) is 1.72. The summed E-state index contributed by atoms with van der Waals surface area (Å²) in [6.45, 7) is 0.0674. The number of anilines is 1. The molecule has 0 aliphatic heterocycles. The summed E-state index contributed by atoms with van der Waals surface area (Å²) in [6, 6.07) is 3.43. The van der Waals surface area contributed by atoms with Gasteiger partial charge in [0.15, 0.2) is 5.13 Å². The minimum absolute atomic E-state index is 0.000850. The Bertz CT molecular complexity index is 812. The van der Waals surface area contributed by atoms with Crippen molar-refractivity contribution in [3.63, 3.8) is 0 Å². The Morgan fingerprint density at radius 3 is 2.76 bits per heavy atom. The molecule has 0 unspecified atom stereocenters. The average Bonchev–Trinajstić information content (AvgIpc) is 2.93. The molecule has 132 valence electrons. The number of carbonyl (C=O) groups is 3. The van der Waals surface area contributed by atoms with Crippen LogP contribution < -0.4 is 16.4 Å². The topological polar surface area (TPSA) is 114 Å². The first-order chi connectivity index (χ1) is 11.8. The molecular weight excluding hydrogens is 371 g/mol. The highest BCUT2D eigenvalue weighted by molar-refractivity contribution is 7.13. The van der Waals surface area contributed by atoms with Gasteiger partial charge in [-0.25, -0.2) is 9.37 Å². The van der Waals surface area contributed by atoms with E-state index in [4.69, 9.17) is 17.3 Å². The van der Waals surface area contributed by atoms with E-state index in [1.54, 1.807) is 5.38 Å².